The number of anilines is 6. The lowest BCUT2D eigenvalue weighted by molar-refractivity contribution is -0.151. The van der Waals surface area contributed by atoms with Crippen LogP contribution in [0.25, 0.3) is 0 Å². The number of aromatic amines is 1. The summed E-state index contributed by atoms with van der Waals surface area (Å²) in [5.41, 5.74) is 6.89. The smallest absolute Gasteiger partial charge is 0.343 e. The molecule has 6 fully saturated rings. The van der Waals surface area contributed by atoms with Gasteiger partial charge in [0.05, 0.1) is 31.8 Å². The average Bonchev–Trinajstić information content (AvgIpc) is 1.62. The number of likely N-dealkylation sites (tertiary alicyclic amines) is 3. The molecule has 10 heterocycles. The average molecular weight is 1800 g/mol. The van der Waals surface area contributed by atoms with Crippen molar-refractivity contribution in [1.29, 1.82) is 10.5 Å². The number of nitrogen functional groups attached to an aromatic ring is 1. The number of carboxylic acid groups (broad SMARTS) is 1. The van der Waals surface area contributed by atoms with Crippen LogP contribution in [0, 0.1) is 90.2 Å². The lowest BCUT2D eigenvalue weighted by atomic mass is 9.85. The molecule has 16 rings (SSSR count). The number of aliphatic carboxylic acids is 1. The summed E-state index contributed by atoms with van der Waals surface area (Å²) in [6.45, 7) is 29.1. The third-order valence-corrected chi connectivity index (χ3v) is 26.1. The number of carbonyl (C=O) groups is 3. The number of nitrogens with two attached hydrogens (primary N) is 1. The number of aromatic nitrogens is 10. The maximum Gasteiger partial charge on any atom is 0.343 e. The van der Waals surface area contributed by atoms with Crippen molar-refractivity contribution in [3.63, 3.8) is 0 Å². The van der Waals surface area contributed by atoms with Crippen molar-refractivity contribution in [3.8, 4) is 12.1 Å². The zero-order valence-corrected chi connectivity index (χ0v) is 75.4. The number of nitrogens with zero attached hydrogens (tertiary/aromatic N) is 17. The highest BCUT2D eigenvalue weighted by atomic mass is 19.2. The number of aryl methyl sites for hydroxylation is 3. The number of amides is 2. The lowest BCUT2D eigenvalue weighted by Gasteiger charge is -2.34. The minimum Gasteiger partial charge on any atom is -0.479 e. The quantitative estimate of drug-likeness (QED) is 0.0499. The fourth-order valence-electron chi connectivity index (χ4n) is 18.1. The molecular formula is C96H114F9N21O4. The third-order valence-electron chi connectivity index (χ3n) is 26.1. The normalized spacial score (nSPS) is 21.5. The van der Waals surface area contributed by atoms with Gasteiger partial charge in [0.2, 0.25) is 28.9 Å². The van der Waals surface area contributed by atoms with Crippen LogP contribution in [-0.4, -0.2) is 199 Å². The van der Waals surface area contributed by atoms with Crippen molar-refractivity contribution < 1.29 is 59.0 Å². The number of hydrogen-bond donors (Lipinski definition) is 5. The van der Waals surface area contributed by atoms with Crippen molar-refractivity contribution in [2.24, 2.45) is 11.8 Å². The van der Waals surface area contributed by atoms with Gasteiger partial charge in [-0.05, 0) is 208 Å². The van der Waals surface area contributed by atoms with E-state index in [0.717, 1.165) is 160 Å². The van der Waals surface area contributed by atoms with E-state index in [1.807, 2.05) is 110 Å². The van der Waals surface area contributed by atoms with E-state index in [0.29, 0.717) is 25.1 Å². The van der Waals surface area contributed by atoms with Crippen LogP contribution in [0.4, 0.5) is 74.4 Å². The van der Waals surface area contributed by atoms with Gasteiger partial charge in [-0.15, -0.1) is 10.2 Å². The van der Waals surface area contributed by atoms with E-state index < -0.39 is 104 Å². The number of benzene rings is 6. The van der Waals surface area contributed by atoms with Crippen LogP contribution in [0.15, 0.2) is 146 Å². The van der Waals surface area contributed by atoms with Crippen molar-refractivity contribution >= 4 is 52.7 Å². The summed E-state index contributed by atoms with van der Waals surface area (Å²) in [5, 5.41) is 47.5. The van der Waals surface area contributed by atoms with Gasteiger partial charge in [0.15, 0.2) is 11.8 Å². The number of piperidine rings is 3. The predicted molar refractivity (Wildman–Crippen MR) is 479 cm³/mol. The van der Waals surface area contributed by atoms with E-state index in [2.05, 4.69) is 116 Å². The highest BCUT2D eigenvalue weighted by molar-refractivity contribution is 5.98. The molecule has 0 radical (unpaired) electrons. The van der Waals surface area contributed by atoms with Crippen molar-refractivity contribution in [2.45, 2.75) is 199 Å². The molecule has 6 aliphatic rings. The second-order valence-corrected chi connectivity index (χ2v) is 38.0. The van der Waals surface area contributed by atoms with Crippen molar-refractivity contribution in [2.75, 3.05) is 110 Å². The molecule has 6 aromatic carbocycles. The van der Waals surface area contributed by atoms with Crippen LogP contribution in [0.1, 0.15) is 180 Å². The van der Waals surface area contributed by atoms with E-state index in [-0.39, 0.29) is 85.6 Å². The molecule has 34 heteroatoms. The second kappa shape index (κ2) is 39.3. The Morgan fingerprint density at radius 3 is 1.12 bits per heavy atom. The summed E-state index contributed by atoms with van der Waals surface area (Å²) in [7, 11) is 0. The molecule has 4 aromatic heterocycles. The van der Waals surface area contributed by atoms with Gasteiger partial charge < -0.3 is 39.2 Å². The fraction of sp³-hybridized carbons (Fsp3) is 0.469. The maximum absolute atomic E-state index is 17.0. The molecule has 0 bridgehead atoms. The Balaban J connectivity index is 0.000000156. The Morgan fingerprint density at radius 2 is 0.808 bits per heavy atom. The van der Waals surface area contributed by atoms with Crippen LogP contribution in [0.5, 0.6) is 0 Å². The Morgan fingerprint density at radius 1 is 0.477 bits per heavy atom. The lowest BCUT2D eigenvalue weighted by Crippen LogP contribution is -2.47. The van der Waals surface area contributed by atoms with Gasteiger partial charge in [-0.1, -0.05) is 59.8 Å². The number of rotatable bonds is 18. The minimum absolute atomic E-state index is 0.0310. The number of alkyl halides is 3. The Hall–Kier alpha value is -12.1. The standard InChI is InChI=1S/C32H38F3N9O.C32H37F3N6O.C17H21N5.C15H18F3NO2/c1-20-5-6-22(27(15-20)42-12-9-21(10-13-42)28-38-40-41-39-28)17-43-14-11-36-30(43)37-29(45)32(35)19-44(31(2,3)4)18-25(32)24-8-7-23(33)16-26(24)34;1-21-5-6-23(28(15-21)39-12-9-22(17-36)10-13-39)18-40-14-11-37-30(40)38-29(42)32(35)20-41(31(2,3)4)19-26(32)25-8-7-24(33)16-27(25)34;1-13-2-3-15(12-22-9-6-20-17(22)19)16(10-13)21-7-4-14(11-18)5-8-21;1-14(2,3)19-7-11(15(18,8-19)13(20)21)10-5-4-9(16)6-12(10)17/h5-8,11,14-16,21,25H,9-10,12-13,17-19H2,1-4H3,(H,36,37,45)(H,38,39,40,41);5-8,11,14-16,22,26H,9-10,12-13,18-20H2,1-4H3,(H,37,38,42);2-3,6,9-10,14H,4-5,7-8,12H2,1H3,(H2,19,20);4-6,11H,7-8H2,1-3H3,(H,20,21)/t25-,32-;26-,32-;;11-,15-/m00.0/s1. The number of hydrogen-bond acceptors (Lipinski definition) is 18. The number of imidazole rings is 3. The van der Waals surface area contributed by atoms with Gasteiger partial charge in [0.25, 0.3) is 11.8 Å². The highest BCUT2D eigenvalue weighted by Crippen LogP contribution is 2.48. The molecule has 0 aliphatic carbocycles. The predicted octanol–water partition coefficient (Wildman–Crippen LogP) is 16.3. The molecule has 0 unspecified atom stereocenters. The largest absolute Gasteiger partial charge is 0.479 e. The van der Waals surface area contributed by atoms with Crippen LogP contribution in [0.3, 0.4) is 0 Å². The molecular weight excluding hydrogens is 1680 g/mol. The Labute approximate surface area is 751 Å². The van der Waals surface area contributed by atoms with Crippen LogP contribution < -0.4 is 31.1 Å². The molecule has 2 amide bonds. The summed E-state index contributed by atoms with van der Waals surface area (Å²) in [4.78, 5) is 63.9. The summed E-state index contributed by atoms with van der Waals surface area (Å²) >= 11 is 0. The molecule has 6 saturated heterocycles. The zero-order chi connectivity index (χ0) is 93.7. The molecule has 6 atom stereocenters. The second-order valence-electron chi connectivity index (χ2n) is 38.0. The molecule has 6 N–H and O–H groups in total. The van der Waals surface area contributed by atoms with Gasteiger partial charge in [-0.2, -0.15) is 15.7 Å². The maximum atomic E-state index is 17.0. The Bertz CT molecular complexity index is 5750. The van der Waals surface area contributed by atoms with Crippen molar-refractivity contribution in [3.05, 3.63) is 237 Å². The first-order valence-corrected chi connectivity index (χ1v) is 43.9. The first-order chi connectivity index (χ1) is 61.5. The zero-order valence-electron chi connectivity index (χ0n) is 75.4. The van der Waals surface area contributed by atoms with Crippen molar-refractivity contribution in [1.82, 2.24) is 64.0 Å². The first-order valence-electron chi connectivity index (χ1n) is 43.9. The minimum atomic E-state index is -2.59. The SMILES string of the molecule is CC(C)(C)N1C[C@@H](c2ccc(F)cc2F)[C@](F)(C(=O)O)C1.Cc1ccc(Cn2ccnc2N)c(N2CCC(C#N)CC2)c1.Cc1ccc(Cn2ccnc2NC(=O)[C@]2(F)CN(C(C)(C)C)C[C@H]2c2ccc(F)cc2F)c(N2CCC(C#N)CC2)c1.Cc1ccc(Cn2ccnc2NC(=O)[C@]2(F)CN(C(C)(C)C)C[C@H]2c2ccc(F)cc2F)c(N2CCC(c3nn[nH]n3)CC2)c1. The molecule has 0 spiro atoms. The van der Waals surface area contributed by atoms with Gasteiger partial charge in [-0.3, -0.25) is 34.9 Å². The summed E-state index contributed by atoms with van der Waals surface area (Å²) < 4.78 is 138. The highest BCUT2D eigenvalue weighted by Gasteiger charge is 2.59. The molecule has 6 aliphatic heterocycles. The van der Waals surface area contributed by atoms with Gasteiger partial charge in [-0.25, -0.2) is 59.3 Å². The number of nitrogens with one attached hydrogen (secondary N) is 3. The number of halogens is 9. The van der Waals surface area contributed by atoms with Gasteiger partial charge in [0, 0.05) is 203 Å². The summed E-state index contributed by atoms with van der Waals surface area (Å²) in [6, 6.07) is 32.6. The Kier molecular flexibility index (Phi) is 28.8. The number of carbonyl (C=O) groups excluding carboxylic acids is 2. The number of nitriles is 2. The van der Waals surface area contributed by atoms with Crippen LogP contribution in [-0.2, 0) is 34.0 Å². The van der Waals surface area contributed by atoms with E-state index in [4.69, 9.17) is 11.0 Å². The van der Waals surface area contributed by atoms with Crippen LogP contribution >= 0.6 is 0 Å². The topological polar surface area (TPSA) is 296 Å². The molecule has 25 nitrogen and oxygen atoms in total. The van der Waals surface area contributed by atoms with E-state index in [9.17, 15) is 55.5 Å². The third kappa shape index (κ3) is 21.6. The molecule has 690 valence electrons. The monoisotopic (exact) mass is 1800 g/mol. The molecule has 130 heavy (non-hydrogen) atoms. The van der Waals surface area contributed by atoms with E-state index in [1.54, 1.807) is 49.9 Å². The molecule has 0 saturated carbocycles. The number of tetrazole rings is 1. The summed E-state index contributed by atoms with van der Waals surface area (Å²) in [6.07, 6.45) is 15.4. The van der Waals surface area contributed by atoms with E-state index >= 15 is 8.78 Å². The van der Waals surface area contributed by atoms with Crippen LogP contribution in [0.2, 0.25) is 0 Å². The van der Waals surface area contributed by atoms with E-state index in [1.165, 1.54) is 28.9 Å². The molecule has 10 aromatic rings. The number of carboxylic acids is 1. The first kappa shape index (κ1) is 95.4. The van der Waals surface area contributed by atoms with Gasteiger partial charge >= 0.3 is 5.97 Å². The fourth-order valence-corrected chi connectivity index (χ4v) is 18.1. The number of H-pyrrole nitrogens is 1. The summed E-state index contributed by atoms with van der Waals surface area (Å²) in [5.74, 6) is -9.72. The van der Waals surface area contributed by atoms with Gasteiger partial charge in [0.1, 0.15) is 34.9 Å².